The van der Waals surface area contributed by atoms with Crippen molar-refractivity contribution in [1.29, 1.82) is 0 Å². The van der Waals surface area contributed by atoms with E-state index in [4.69, 9.17) is 11.6 Å². The third-order valence-corrected chi connectivity index (χ3v) is 5.57. The van der Waals surface area contributed by atoms with Gasteiger partial charge in [-0.3, -0.25) is 0 Å². The number of hydrogen-bond acceptors (Lipinski definition) is 2. The zero-order valence-electron chi connectivity index (χ0n) is 10.1. The number of nitrogens with one attached hydrogen (secondary N) is 1. The number of rotatable bonds is 4. The molecule has 1 saturated carbocycles. The van der Waals surface area contributed by atoms with Gasteiger partial charge in [0.2, 0.25) is 10.0 Å². The first-order chi connectivity index (χ1) is 8.88. The van der Waals surface area contributed by atoms with Crippen LogP contribution in [0, 0.1) is 11.7 Å². The molecule has 2 atom stereocenters. The molecule has 2 unspecified atom stereocenters. The Hall–Kier alpha value is -0.170. The average Bonchev–Trinajstić information content (AvgIpc) is 2.72. The molecule has 7 heteroatoms. The molecule has 1 aliphatic carbocycles. The van der Waals surface area contributed by atoms with Crippen molar-refractivity contribution in [2.45, 2.75) is 29.5 Å². The number of alkyl halides is 1. The van der Waals surface area contributed by atoms with Crippen molar-refractivity contribution in [2.75, 3.05) is 6.54 Å². The summed E-state index contributed by atoms with van der Waals surface area (Å²) in [5, 5.41) is 0.124. The second-order valence-corrected chi connectivity index (χ2v) is 7.97. The molecule has 0 aliphatic heterocycles. The Morgan fingerprint density at radius 2 is 2.16 bits per heavy atom. The molecule has 1 N–H and O–H groups in total. The van der Waals surface area contributed by atoms with Gasteiger partial charge in [-0.05, 0) is 43.4 Å². The van der Waals surface area contributed by atoms with E-state index in [1.54, 1.807) is 0 Å². The van der Waals surface area contributed by atoms with Crippen molar-refractivity contribution in [3.8, 4) is 0 Å². The Labute approximate surface area is 125 Å². The fraction of sp³-hybridized carbons (Fsp3) is 0.500. The van der Waals surface area contributed by atoms with Crippen LogP contribution >= 0.6 is 27.5 Å². The molecular weight excluding hydrogens is 357 g/mol. The van der Waals surface area contributed by atoms with Gasteiger partial charge in [-0.2, -0.15) is 0 Å². The lowest BCUT2D eigenvalue weighted by Gasteiger charge is -2.12. The van der Waals surface area contributed by atoms with Crippen LogP contribution in [0.2, 0.25) is 0 Å². The summed E-state index contributed by atoms with van der Waals surface area (Å²) < 4.78 is 40.6. The minimum absolute atomic E-state index is 0.124. The number of benzene rings is 1. The normalized spacial score (nSPS) is 23.7. The number of sulfonamides is 1. The first kappa shape index (κ1) is 15.2. The van der Waals surface area contributed by atoms with Crippen LogP contribution < -0.4 is 4.72 Å². The van der Waals surface area contributed by atoms with Crippen molar-refractivity contribution in [3.63, 3.8) is 0 Å². The molecule has 1 aromatic carbocycles. The van der Waals surface area contributed by atoms with E-state index < -0.39 is 15.8 Å². The van der Waals surface area contributed by atoms with Gasteiger partial charge >= 0.3 is 0 Å². The maximum absolute atomic E-state index is 13.6. The van der Waals surface area contributed by atoms with E-state index in [0.717, 1.165) is 25.3 Å². The SMILES string of the molecule is O=S(=O)(NCC1CCC(Cl)C1)c1ccc(Br)cc1F. The molecule has 0 heterocycles. The minimum Gasteiger partial charge on any atom is -0.211 e. The summed E-state index contributed by atoms with van der Waals surface area (Å²) in [7, 11) is -3.80. The second kappa shape index (κ2) is 6.08. The van der Waals surface area contributed by atoms with Crippen molar-refractivity contribution in [1.82, 2.24) is 4.72 Å². The van der Waals surface area contributed by atoms with Crippen LogP contribution in [-0.4, -0.2) is 20.3 Å². The van der Waals surface area contributed by atoms with E-state index in [1.165, 1.54) is 12.1 Å². The highest BCUT2D eigenvalue weighted by Gasteiger charge is 2.25. The minimum atomic E-state index is -3.80. The van der Waals surface area contributed by atoms with Gasteiger partial charge in [0.05, 0.1) is 0 Å². The van der Waals surface area contributed by atoms with E-state index >= 15 is 0 Å². The summed E-state index contributed by atoms with van der Waals surface area (Å²) in [4.78, 5) is -0.323. The molecule has 0 radical (unpaired) electrons. The van der Waals surface area contributed by atoms with Crippen LogP contribution in [0.3, 0.4) is 0 Å². The van der Waals surface area contributed by atoms with Gasteiger partial charge in [0.15, 0.2) is 0 Å². The van der Waals surface area contributed by atoms with Crippen LogP contribution in [-0.2, 0) is 10.0 Å². The Kier molecular flexibility index (Phi) is 4.87. The van der Waals surface area contributed by atoms with Crippen LogP contribution in [0.5, 0.6) is 0 Å². The first-order valence-corrected chi connectivity index (χ1v) is 8.68. The molecule has 19 heavy (non-hydrogen) atoms. The molecule has 106 valence electrons. The largest absolute Gasteiger partial charge is 0.243 e. The van der Waals surface area contributed by atoms with E-state index in [9.17, 15) is 12.8 Å². The predicted molar refractivity (Wildman–Crippen MR) is 76.3 cm³/mol. The summed E-state index contributed by atoms with van der Waals surface area (Å²) in [6.07, 6.45) is 2.60. The topological polar surface area (TPSA) is 46.2 Å². The maximum Gasteiger partial charge on any atom is 0.243 e. The van der Waals surface area contributed by atoms with Gasteiger partial charge in [0.25, 0.3) is 0 Å². The van der Waals surface area contributed by atoms with Crippen LogP contribution in [0.4, 0.5) is 4.39 Å². The van der Waals surface area contributed by atoms with Crippen molar-refractivity contribution in [2.24, 2.45) is 5.92 Å². The van der Waals surface area contributed by atoms with Gasteiger partial charge in [-0.15, -0.1) is 11.6 Å². The van der Waals surface area contributed by atoms with Crippen LogP contribution in [0.1, 0.15) is 19.3 Å². The highest BCUT2D eigenvalue weighted by atomic mass is 79.9. The van der Waals surface area contributed by atoms with Crippen LogP contribution in [0.15, 0.2) is 27.6 Å². The summed E-state index contributed by atoms with van der Waals surface area (Å²) in [6.45, 7) is 0.307. The summed E-state index contributed by atoms with van der Waals surface area (Å²) >= 11 is 9.07. The zero-order chi connectivity index (χ0) is 14.0. The highest BCUT2D eigenvalue weighted by molar-refractivity contribution is 9.10. The van der Waals surface area contributed by atoms with Gasteiger partial charge in [0.1, 0.15) is 10.7 Å². The van der Waals surface area contributed by atoms with Gasteiger partial charge in [0, 0.05) is 16.4 Å². The Balaban J connectivity index is 2.06. The molecule has 0 amide bonds. The van der Waals surface area contributed by atoms with Gasteiger partial charge in [-0.25, -0.2) is 17.5 Å². The smallest absolute Gasteiger partial charge is 0.211 e. The lowest BCUT2D eigenvalue weighted by Crippen LogP contribution is -2.29. The molecule has 1 aliphatic rings. The quantitative estimate of drug-likeness (QED) is 0.827. The zero-order valence-corrected chi connectivity index (χ0v) is 13.2. The molecular formula is C12H14BrClFNO2S. The van der Waals surface area contributed by atoms with Crippen LogP contribution in [0.25, 0.3) is 0 Å². The molecule has 0 bridgehead atoms. The van der Waals surface area contributed by atoms with Crippen molar-refractivity contribution in [3.05, 3.63) is 28.5 Å². The third-order valence-electron chi connectivity index (χ3n) is 3.22. The lowest BCUT2D eigenvalue weighted by atomic mass is 10.1. The Bertz CT molecular complexity index is 567. The van der Waals surface area contributed by atoms with E-state index in [-0.39, 0.29) is 16.2 Å². The van der Waals surface area contributed by atoms with Crippen molar-refractivity contribution >= 4 is 37.6 Å². The monoisotopic (exact) mass is 369 g/mol. The summed E-state index contributed by atoms with van der Waals surface area (Å²) in [5.74, 6) is -0.528. The molecule has 3 nitrogen and oxygen atoms in total. The van der Waals surface area contributed by atoms with Crippen molar-refractivity contribution < 1.29 is 12.8 Å². The highest BCUT2D eigenvalue weighted by Crippen LogP contribution is 2.29. The summed E-state index contributed by atoms with van der Waals surface area (Å²) in [6, 6.07) is 3.89. The fourth-order valence-corrected chi connectivity index (χ4v) is 4.08. The average molecular weight is 371 g/mol. The second-order valence-electron chi connectivity index (χ2n) is 4.70. The summed E-state index contributed by atoms with van der Waals surface area (Å²) in [5.41, 5.74) is 0. The third kappa shape index (κ3) is 3.90. The fourth-order valence-electron chi connectivity index (χ4n) is 2.20. The van der Waals surface area contributed by atoms with Gasteiger partial charge in [-0.1, -0.05) is 15.9 Å². The molecule has 2 rings (SSSR count). The van der Waals surface area contributed by atoms with E-state index in [1.807, 2.05) is 0 Å². The van der Waals surface area contributed by atoms with E-state index in [0.29, 0.717) is 11.0 Å². The number of hydrogen-bond donors (Lipinski definition) is 1. The van der Waals surface area contributed by atoms with E-state index in [2.05, 4.69) is 20.7 Å². The molecule has 0 saturated heterocycles. The molecule has 1 aromatic rings. The maximum atomic E-state index is 13.6. The molecule has 0 aromatic heterocycles. The first-order valence-electron chi connectivity index (χ1n) is 5.97. The Morgan fingerprint density at radius 1 is 1.42 bits per heavy atom. The molecule has 1 fully saturated rings. The number of halogens is 3. The lowest BCUT2D eigenvalue weighted by molar-refractivity contribution is 0.514. The predicted octanol–water partition coefficient (Wildman–Crippen LogP) is 3.27. The van der Waals surface area contributed by atoms with Gasteiger partial charge < -0.3 is 0 Å². The molecule has 0 spiro atoms. The standard InChI is InChI=1S/C12H14BrClFNO2S/c13-9-2-4-12(11(15)6-9)19(17,18)16-7-8-1-3-10(14)5-8/h2,4,6,8,10,16H,1,3,5,7H2. The Morgan fingerprint density at radius 3 is 2.74 bits per heavy atom.